The summed E-state index contributed by atoms with van der Waals surface area (Å²) >= 11 is 1.68. The van der Waals surface area contributed by atoms with Gasteiger partial charge in [0.15, 0.2) is 0 Å². The summed E-state index contributed by atoms with van der Waals surface area (Å²) in [6.07, 6.45) is 5.03. The predicted octanol–water partition coefficient (Wildman–Crippen LogP) is 2.93. The van der Waals surface area contributed by atoms with Crippen LogP contribution in [0.3, 0.4) is 0 Å². The minimum atomic E-state index is -0.0154. The van der Waals surface area contributed by atoms with Crippen molar-refractivity contribution in [3.05, 3.63) is 58.1 Å². The lowest BCUT2D eigenvalue weighted by molar-refractivity contribution is 0.0926. The average Bonchev–Trinajstić information content (AvgIpc) is 3.07. The van der Waals surface area contributed by atoms with E-state index in [1.165, 1.54) is 5.57 Å². The normalized spacial score (nSPS) is 15.4. The van der Waals surface area contributed by atoms with Gasteiger partial charge in [-0.25, -0.2) is 4.98 Å². The summed E-state index contributed by atoms with van der Waals surface area (Å²) in [6, 6.07) is 7.66. The van der Waals surface area contributed by atoms with Crippen molar-refractivity contribution in [2.45, 2.75) is 13.3 Å². The number of aryl methyl sites for hydroxylation is 1. The van der Waals surface area contributed by atoms with E-state index in [9.17, 15) is 4.79 Å². The fourth-order valence-corrected chi connectivity index (χ4v) is 3.21. The van der Waals surface area contributed by atoms with Crippen molar-refractivity contribution in [1.29, 1.82) is 0 Å². The summed E-state index contributed by atoms with van der Waals surface area (Å²) in [4.78, 5) is 18.7. The number of carbonyl (C=O) groups excluding carboxylic acids is 1. The van der Waals surface area contributed by atoms with Crippen LogP contribution in [-0.2, 0) is 0 Å². The molecule has 2 heterocycles. The van der Waals surface area contributed by atoms with Gasteiger partial charge in [0.1, 0.15) is 5.01 Å². The zero-order valence-corrected chi connectivity index (χ0v) is 13.4. The van der Waals surface area contributed by atoms with Gasteiger partial charge in [-0.2, -0.15) is 0 Å². The molecule has 0 atom stereocenters. The highest BCUT2D eigenvalue weighted by atomic mass is 32.1. The number of hydrogen-bond donors (Lipinski definition) is 1. The fourth-order valence-electron chi connectivity index (χ4n) is 2.50. The van der Waals surface area contributed by atoms with Gasteiger partial charge >= 0.3 is 0 Å². The van der Waals surface area contributed by atoms with Crippen molar-refractivity contribution >= 4 is 22.8 Å². The minimum absolute atomic E-state index is 0.0154. The van der Waals surface area contributed by atoms with E-state index in [1.54, 1.807) is 11.3 Å². The third kappa shape index (κ3) is 3.61. The molecule has 0 bridgehead atoms. The highest BCUT2D eigenvalue weighted by molar-refractivity contribution is 7.10. The summed E-state index contributed by atoms with van der Waals surface area (Å²) in [5.74, 6) is -0.0154. The van der Waals surface area contributed by atoms with E-state index < -0.39 is 0 Å². The smallest absolute Gasteiger partial charge is 0.252 e. The Kier molecular flexibility index (Phi) is 4.65. The van der Waals surface area contributed by atoms with Gasteiger partial charge < -0.3 is 5.32 Å². The van der Waals surface area contributed by atoms with Crippen LogP contribution in [-0.4, -0.2) is 35.5 Å². The lowest BCUT2D eigenvalue weighted by Gasteiger charge is -2.25. The minimum Gasteiger partial charge on any atom is -0.339 e. The first-order chi connectivity index (χ1) is 10.7. The highest BCUT2D eigenvalue weighted by Gasteiger charge is 2.15. The van der Waals surface area contributed by atoms with Crippen LogP contribution in [0.1, 0.15) is 27.3 Å². The van der Waals surface area contributed by atoms with E-state index in [2.05, 4.69) is 21.3 Å². The molecule has 0 unspecified atom stereocenters. The van der Waals surface area contributed by atoms with Crippen LogP contribution in [0.5, 0.6) is 0 Å². The summed E-state index contributed by atoms with van der Waals surface area (Å²) in [5.41, 5.74) is 3.13. The molecule has 22 heavy (non-hydrogen) atoms. The van der Waals surface area contributed by atoms with Crippen molar-refractivity contribution < 1.29 is 4.79 Å². The maximum atomic E-state index is 12.1. The Morgan fingerprint density at radius 3 is 3.05 bits per heavy atom. The monoisotopic (exact) mass is 313 g/mol. The summed E-state index contributed by atoms with van der Waals surface area (Å²) in [5, 5.41) is 6.11. The lowest BCUT2D eigenvalue weighted by Crippen LogP contribution is -2.39. The van der Waals surface area contributed by atoms with Crippen LogP contribution in [0, 0.1) is 6.92 Å². The van der Waals surface area contributed by atoms with Gasteiger partial charge in [-0.3, -0.25) is 9.69 Å². The Bertz CT molecular complexity index is 679. The molecule has 0 saturated carbocycles. The van der Waals surface area contributed by atoms with Crippen LogP contribution >= 0.6 is 11.3 Å². The number of carbonyl (C=O) groups is 1. The molecule has 4 nitrogen and oxygen atoms in total. The van der Waals surface area contributed by atoms with Crippen molar-refractivity contribution in [3.8, 4) is 0 Å². The quantitative estimate of drug-likeness (QED) is 0.944. The molecule has 0 radical (unpaired) electrons. The number of rotatable bonds is 4. The summed E-state index contributed by atoms with van der Waals surface area (Å²) < 4.78 is 0. The van der Waals surface area contributed by atoms with Crippen LogP contribution < -0.4 is 5.32 Å². The van der Waals surface area contributed by atoms with Crippen LogP contribution in [0.25, 0.3) is 5.57 Å². The van der Waals surface area contributed by atoms with E-state index in [0.717, 1.165) is 35.6 Å². The van der Waals surface area contributed by atoms with E-state index in [0.29, 0.717) is 6.67 Å². The maximum Gasteiger partial charge on any atom is 0.252 e. The van der Waals surface area contributed by atoms with E-state index in [4.69, 9.17) is 0 Å². The molecule has 5 heteroatoms. The predicted molar refractivity (Wildman–Crippen MR) is 89.8 cm³/mol. The molecule has 1 amide bonds. The molecule has 2 aromatic rings. The third-order valence-electron chi connectivity index (χ3n) is 3.74. The Morgan fingerprint density at radius 1 is 1.45 bits per heavy atom. The summed E-state index contributed by atoms with van der Waals surface area (Å²) in [7, 11) is 0. The van der Waals surface area contributed by atoms with Crippen LogP contribution in [0.2, 0.25) is 0 Å². The molecule has 1 aromatic carbocycles. The molecule has 0 aliphatic carbocycles. The van der Waals surface area contributed by atoms with E-state index >= 15 is 0 Å². The average molecular weight is 313 g/mol. The molecule has 114 valence electrons. The molecule has 1 N–H and O–H groups in total. The number of amides is 1. The van der Waals surface area contributed by atoms with Gasteiger partial charge in [-0.05, 0) is 31.1 Å². The van der Waals surface area contributed by atoms with Crippen molar-refractivity contribution in [3.63, 3.8) is 0 Å². The third-order valence-corrected chi connectivity index (χ3v) is 4.59. The molecule has 1 aliphatic heterocycles. The molecular formula is C17H19N3OS. The first-order valence-corrected chi connectivity index (χ1v) is 8.26. The second kappa shape index (κ2) is 6.85. The second-order valence-electron chi connectivity index (χ2n) is 5.43. The number of benzene rings is 1. The number of nitrogens with one attached hydrogen (secondary N) is 1. The Morgan fingerprint density at radius 2 is 2.36 bits per heavy atom. The van der Waals surface area contributed by atoms with Gasteiger partial charge in [0.25, 0.3) is 5.91 Å². The van der Waals surface area contributed by atoms with Gasteiger partial charge in [0.05, 0.1) is 6.67 Å². The first kappa shape index (κ1) is 14.9. The van der Waals surface area contributed by atoms with Gasteiger partial charge in [-0.15, -0.1) is 11.3 Å². The van der Waals surface area contributed by atoms with Crippen LogP contribution in [0.15, 0.2) is 41.9 Å². The van der Waals surface area contributed by atoms with Gasteiger partial charge in [0.2, 0.25) is 0 Å². The van der Waals surface area contributed by atoms with Crippen molar-refractivity contribution in [2.75, 3.05) is 19.8 Å². The zero-order valence-electron chi connectivity index (χ0n) is 12.6. The number of aromatic nitrogens is 1. The molecule has 0 saturated heterocycles. The Balaban J connectivity index is 1.52. The van der Waals surface area contributed by atoms with Crippen LogP contribution in [0.4, 0.5) is 0 Å². The fraction of sp³-hybridized carbons (Fsp3) is 0.294. The highest BCUT2D eigenvalue weighted by Crippen LogP contribution is 2.23. The van der Waals surface area contributed by atoms with E-state index in [1.807, 2.05) is 42.8 Å². The first-order valence-electron chi connectivity index (χ1n) is 7.38. The summed E-state index contributed by atoms with van der Waals surface area (Å²) in [6.45, 7) is 4.36. The SMILES string of the molecule is Cc1cccc(C(=O)NCN2CC=C(c3nccs3)CC2)c1. The van der Waals surface area contributed by atoms with Gasteiger partial charge in [0, 0.05) is 30.2 Å². The lowest BCUT2D eigenvalue weighted by atomic mass is 10.1. The molecule has 1 aromatic heterocycles. The topological polar surface area (TPSA) is 45.2 Å². The molecular weight excluding hydrogens is 294 g/mol. The number of hydrogen-bond acceptors (Lipinski definition) is 4. The number of nitrogens with zero attached hydrogens (tertiary/aromatic N) is 2. The Hall–Kier alpha value is -1.98. The number of thiazole rings is 1. The van der Waals surface area contributed by atoms with E-state index in [-0.39, 0.29) is 5.91 Å². The largest absolute Gasteiger partial charge is 0.339 e. The molecule has 1 aliphatic rings. The maximum absolute atomic E-state index is 12.1. The van der Waals surface area contributed by atoms with Crippen molar-refractivity contribution in [1.82, 2.24) is 15.2 Å². The molecule has 0 fully saturated rings. The zero-order chi connectivity index (χ0) is 15.4. The van der Waals surface area contributed by atoms with Crippen molar-refractivity contribution in [2.24, 2.45) is 0 Å². The Labute approximate surface area is 134 Å². The standard InChI is InChI=1S/C17H19N3OS/c1-13-3-2-4-15(11-13)16(21)19-12-20-8-5-14(6-9-20)17-18-7-10-22-17/h2-5,7,10-11H,6,8-9,12H2,1H3,(H,19,21). The van der Waals surface area contributed by atoms with Gasteiger partial charge in [-0.1, -0.05) is 23.8 Å². The molecule has 3 rings (SSSR count). The second-order valence-corrected chi connectivity index (χ2v) is 6.32. The molecule has 0 spiro atoms.